The molecule has 1 unspecified atom stereocenters. The van der Waals surface area contributed by atoms with Gasteiger partial charge in [-0.3, -0.25) is 24.2 Å². The van der Waals surface area contributed by atoms with Crippen molar-refractivity contribution in [3.8, 4) is 10.4 Å². The summed E-state index contributed by atoms with van der Waals surface area (Å²) in [5.74, 6) is 5.41. The van der Waals surface area contributed by atoms with Crippen molar-refractivity contribution < 1.29 is 38.1 Å². The topological polar surface area (TPSA) is 258 Å². The normalized spacial score (nSPS) is 16.2. The van der Waals surface area contributed by atoms with E-state index in [1.54, 1.807) is 28.6 Å². The van der Waals surface area contributed by atoms with E-state index < -0.39 is 28.8 Å². The second-order valence-electron chi connectivity index (χ2n) is 19.7. The highest BCUT2D eigenvalue weighted by Gasteiger charge is 2.42. The average molecular weight is 1070 g/mol. The van der Waals surface area contributed by atoms with Crippen molar-refractivity contribution in [3.63, 3.8) is 0 Å². The number of pyridine rings is 1. The molecule has 22 heteroatoms. The Balaban J connectivity index is 0.762. The van der Waals surface area contributed by atoms with Crippen molar-refractivity contribution in [1.29, 1.82) is 0 Å². The van der Waals surface area contributed by atoms with Crippen LogP contribution in [0.5, 0.6) is 0 Å². The summed E-state index contributed by atoms with van der Waals surface area (Å²) in [6.45, 7) is 12.4. The van der Waals surface area contributed by atoms with Crippen LogP contribution in [0.3, 0.4) is 0 Å². The number of carbonyl (C=O) groups is 4. The largest absolute Gasteiger partial charge is 0.377 e. The van der Waals surface area contributed by atoms with Gasteiger partial charge in [0.15, 0.2) is 5.13 Å². The molecule has 2 fully saturated rings. The zero-order valence-corrected chi connectivity index (χ0v) is 45.5. The van der Waals surface area contributed by atoms with Gasteiger partial charge in [0.05, 0.1) is 74.3 Å². The molecule has 2 atom stereocenters. The summed E-state index contributed by atoms with van der Waals surface area (Å²) < 4.78 is 22.6. The number of thiazole rings is 2. The molecule has 6 rings (SSSR count). The van der Waals surface area contributed by atoms with Gasteiger partial charge in [-0.15, -0.1) is 22.7 Å². The van der Waals surface area contributed by atoms with Gasteiger partial charge in [0.1, 0.15) is 30.2 Å². The van der Waals surface area contributed by atoms with Crippen LogP contribution in [0.1, 0.15) is 82.7 Å². The van der Waals surface area contributed by atoms with Crippen LogP contribution < -0.4 is 32.4 Å². The van der Waals surface area contributed by atoms with E-state index >= 15 is 0 Å². The van der Waals surface area contributed by atoms with Crippen LogP contribution in [-0.2, 0) is 51.1 Å². The third kappa shape index (κ3) is 19.1. The number of nitrogens with zero attached hydrogens (tertiary/aromatic N) is 6. The molecule has 7 N–H and O–H groups in total. The number of amides is 4. The highest BCUT2D eigenvalue weighted by atomic mass is 32.1. The average Bonchev–Trinajstić information content (AvgIpc) is 4.21. The van der Waals surface area contributed by atoms with E-state index in [1.165, 1.54) is 11.3 Å². The molecule has 0 spiro atoms. The third-order valence-electron chi connectivity index (χ3n) is 13.0. The molecule has 0 radical (unpaired) electrons. The van der Waals surface area contributed by atoms with Crippen LogP contribution in [-0.4, -0.2) is 153 Å². The maximum atomic E-state index is 13.9. The Kier molecular flexibility index (Phi) is 24.0. The lowest BCUT2D eigenvalue weighted by atomic mass is 9.70. The number of hydrogen-bond acceptors (Lipinski definition) is 18. The van der Waals surface area contributed by atoms with Gasteiger partial charge in [-0.25, -0.2) is 15.0 Å². The summed E-state index contributed by atoms with van der Waals surface area (Å²) in [6, 6.07) is 12.4. The minimum Gasteiger partial charge on any atom is -0.377 e. The van der Waals surface area contributed by atoms with Gasteiger partial charge in [0.2, 0.25) is 23.6 Å². The Hall–Kier alpha value is -5.75. The molecule has 4 amide bonds. The molecule has 3 aromatic heterocycles. The lowest BCUT2D eigenvalue weighted by Gasteiger charge is -2.35. The number of nitrogens with two attached hydrogens (primary N) is 1. The van der Waals surface area contributed by atoms with Gasteiger partial charge in [-0.05, 0) is 61.3 Å². The lowest BCUT2D eigenvalue weighted by Crippen LogP contribution is -2.58. The molecular formula is C53H76N12O8S2. The van der Waals surface area contributed by atoms with Gasteiger partial charge in [0.25, 0.3) is 0 Å². The van der Waals surface area contributed by atoms with Gasteiger partial charge in [-0.1, -0.05) is 70.4 Å². The van der Waals surface area contributed by atoms with Crippen LogP contribution >= 0.6 is 22.7 Å². The van der Waals surface area contributed by atoms with Crippen molar-refractivity contribution >= 4 is 69.2 Å². The van der Waals surface area contributed by atoms with Crippen LogP contribution in [0.4, 0.5) is 10.9 Å². The monoisotopic (exact) mass is 1070 g/mol. The van der Waals surface area contributed by atoms with Crippen LogP contribution in [0, 0.1) is 17.8 Å². The Morgan fingerprint density at radius 2 is 1.63 bits per heavy atom. The first kappa shape index (κ1) is 58.5. The number of ether oxygens (including phenoxy) is 4. The smallest absolute Gasteiger partial charge is 0.246 e. The third-order valence-corrected chi connectivity index (χ3v) is 14.6. The maximum Gasteiger partial charge on any atom is 0.246 e. The highest BCUT2D eigenvalue weighted by Crippen LogP contribution is 2.39. The molecule has 2 aliphatic rings. The minimum atomic E-state index is -0.843. The number of rotatable bonds is 31. The van der Waals surface area contributed by atoms with Gasteiger partial charge >= 0.3 is 0 Å². The predicted octanol–water partition coefficient (Wildman–Crippen LogP) is 5.20. The molecular weight excluding hydrogens is 997 g/mol. The second kappa shape index (κ2) is 30.7. The number of aryl methyl sites for hydroxylation is 1. The van der Waals surface area contributed by atoms with Gasteiger partial charge in [0, 0.05) is 62.6 Å². The molecule has 4 heterocycles. The number of hydrazone groups is 1. The van der Waals surface area contributed by atoms with Crippen molar-refractivity contribution in [2.75, 3.05) is 90.9 Å². The first-order valence-electron chi connectivity index (χ1n) is 25.9. The fourth-order valence-electron chi connectivity index (χ4n) is 8.98. The van der Waals surface area contributed by atoms with E-state index in [0.29, 0.717) is 97.3 Å². The second-order valence-corrected chi connectivity index (χ2v) is 21.5. The Morgan fingerprint density at radius 1 is 0.880 bits per heavy atom. The van der Waals surface area contributed by atoms with Crippen molar-refractivity contribution in [1.82, 2.24) is 41.1 Å². The zero-order valence-electron chi connectivity index (χ0n) is 43.9. The molecule has 75 heavy (non-hydrogen) atoms. The summed E-state index contributed by atoms with van der Waals surface area (Å²) in [5.41, 5.74) is 5.12. The van der Waals surface area contributed by atoms with E-state index in [9.17, 15) is 19.2 Å². The quantitative estimate of drug-likeness (QED) is 0.0164. The fraction of sp³-hybridized carbons (Fsp3) is 0.566. The number of aromatic nitrogens is 3. The molecule has 1 aromatic carbocycles. The molecule has 1 saturated heterocycles. The van der Waals surface area contributed by atoms with Crippen molar-refractivity contribution in [3.05, 3.63) is 76.5 Å². The van der Waals surface area contributed by atoms with Crippen LogP contribution in [0.25, 0.3) is 10.4 Å². The zero-order chi connectivity index (χ0) is 53.3. The standard InChI is InChI=1S/C53H76N12O8S2/c1-38-46(75-37-60-38)40-15-13-39(14-16-40)33-59-48(67)43-11-9-24-65(43)49(68)47(52(2,3)4)63-45(66)36-72-25-21-55-19-20-56-34-42(64-54)35-73-30-29-71-28-27-70-26-22-57-50(69)53(17-6-5-7-18-53)32-41-10-8-12-44(61-41)62-51-58-23-31-74-51/h8,10,12-16,23,31,34,37,43,47,55H,5-7,9,11,17-22,24-30,32-33,35-36,54H2,1-4H3,(H,57,69)(H,59,67)(H,63,66)(H,58,61,62)/t43-,47?/m0/s1. The van der Waals surface area contributed by atoms with Gasteiger partial charge < -0.3 is 56.3 Å². The van der Waals surface area contributed by atoms with E-state index in [-0.39, 0.29) is 37.5 Å². The molecule has 4 aromatic rings. The summed E-state index contributed by atoms with van der Waals surface area (Å²) in [7, 11) is 0. The molecule has 1 saturated carbocycles. The first-order chi connectivity index (χ1) is 36.3. The number of carbonyl (C=O) groups excluding carboxylic acids is 4. The predicted molar refractivity (Wildman–Crippen MR) is 293 cm³/mol. The van der Waals surface area contributed by atoms with E-state index in [1.807, 2.05) is 81.1 Å². The summed E-state index contributed by atoms with van der Waals surface area (Å²) >= 11 is 3.10. The number of anilines is 2. The van der Waals surface area contributed by atoms with Gasteiger partial charge in [-0.2, -0.15) is 5.10 Å². The van der Waals surface area contributed by atoms with E-state index in [2.05, 4.69) is 46.6 Å². The Morgan fingerprint density at radius 3 is 2.35 bits per heavy atom. The number of hydrogen-bond donors (Lipinski definition) is 6. The van der Waals surface area contributed by atoms with Crippen LogP contribution in [0.15, 0.2) is 69.6 Å². The molecule has 0 bridgehead atoms. The van der Waals surface area contributed by atoms with E-state index in [4.69, 9.17) is 29.8 Å². The Bertz CT molecular complexity index is 2440. The number of benzene rings is 1. The number of aliphatic imine (C=N–C) groups is 1. The summed E-state index contributed by atoms with van der Waals surface area (Å²) in [4.78, 5) is 74.3. The molecule has 1 aliphatic heterocycles. The SMILES string of the molecule is Cc1ncsc1-c1ccc(CNC(=O)[C@@H]2CCCN2C(=O)C(NC(=O)COCCNCCN=CC(COCCOCCOCCNC(=O)C2(Cc3cccc(Nc4nccs4)n3)CCCCC2)=NN)C(C)(C)C)cc1. The number of nitrogens with one attached hydrogen (secondary N) is 5. The minimum absolute atomic E-state index is 0.0559. The maximum absolute atomic E-state index is 13.9. The van der Waals surface area contributed by atoms with Crippen molar-refractivity contribution in [2.24, 2.45) is 26.8 Å². The van der Waals surface area contributed by atoms with Crippen LogP contribution in [0.2, 0.25) is 0 Å². The molecule has 1 aliphatic carbocycles. The Labute approximate surface area is 448 Å². The summed E-state index contributed by atoms with van der Waals surface area (Å²) in [5, 5.41) is 21.9. The van der Waals surface area contributed by atoms with Crippen molar-refractivity contribution in [2.45, 2.75) is 97.7 Å². The lowest BCUT2D eigenvalue weighted by molar-refractivity contribution is -0.144. The highest BCUT2D eigenvalue weighted by molar-refractivity contribution is 7.13. The first-order valence-corrected chi connectivity index (χ1v) is 27.7. The molecule has 20 nitrogen and oxygen atoms in total. The molecule has 408 valence electrons. The number of likely N-dealkylation sites (tertiary alicyclic amines) is 1. The fourth-order valence-corrected chi connectivity index (χ4v) is 10.3. The van der Waals surface area contributed by atoms with E-state index in [0.717, 1.165) is 70.4 Å². The summed E-state index contributed by atoms with van der Waals surface area (Å²) in [6.07, 6.45) is 9.99.